The Hall–Kier alpha value is -1.19. The molecule has 1 aromatic heterocycles. The van der Waals surface area contributed by atoms with Gasteiger partial charge in [-0.25, -0.2) is 4.98 Å². The summed E-state index contributed by atoms with van der Waals surface area (Å²) in [6.07, 6.45) is 4.76. The fourth-order valence-electron chi connectivity index (χ4n) is 3.39. The molecular weight excluding hydrogens is 276 g/mol. The van der Waals surface area contributed by atoms with E-state index in [0.717, 1.165) is 12.3 Å². The summed E-state index contributed by atoms with van der Waals surface area (Å²) in [6, 6.07) is 9.45. The summed E-state index contributed by atoms with van der Waals surface area (Å²) in [6.45, 7) is 4.28. The molecule has 2 atom stereocenters. The van der Waals surface area contributed by atoms with Crippen molar-refractivity contribution in [3.8, 4) is 0 Å². The summed E-state index contributed by atoms with van der Waals surface area (Å²) in [5, 5.41) is 4.83. The van der Waals surface area contributed by atoms with Crippen LogP contribution in [-0.4, -0.2) is 18.1 Å². The van der Waals surface area contributed by atoms with Crippen LogP contribution in [0.25, 0.3) is 0 Å². The van der Waals surface area contributed by atoms with Crippen molar-refractivity contribution in [3.63, 3.8) is 0 Å². The summed E-state index contributed by atoms with van der Waals surface area (Å²) in [7, 11) is 2.10. The lowest BCUT2D eigenvalue weighted by atomic mass is 9.79. The molecule has 112 valence electrons. The Morgan fingerprint density at radius 2 is 2.05 bits per heavy atom. The Morgan fingerprint density at radius 3 is 2.71 bits per heavy atom. The molecule has 0 saturated carbocycles. The number of hydrogen-bond donors (Lipinski definition) is 1. The zero-order valence-electron chi connectivity index (χ0n) is 13.1. The van der Waals surface area contributed by atoms with Crippen LogP contribution in [0.4, 0.5) is 0 Å². The van der Waals surface area contributed by atoms with E-state index in [1.807, 2.05) is 11.3 Å². The fourth-order valence-corrected chi connectivity index (χ4v) is 4.38. The Labute approximate surface area is 131 Å². The van der Waals surface area contributed by atoms with Crippen molar-refractivity contribution in [1.82, 2.24) is 10.3 Å². The number of benzene rings is 1. The zero-order valence-corrected chi connectivity index (χ0v) is 14.0. The molecule has 0 saturated heterocycles. The van der Waals surface area contributed by atoms with Gasteiger partial charge in [-0.3, -0.25) is 0 Å². The quantitative estimate of drug-likeness (QED) is 0.931. The first-order chi connectivity index (χ1) is 10.2. The van der Waals surface area contributed by atoms with Crippen LogP contribution in [0.3, 0.4) is 0 Å². The predicted octanol–water partition coefficient (Wildman–Crippen LogP) is 3.70. The standard InChI is InChI=1S/C18H24N2S/c1-12-13(2)21-18(20-12)11-17(19-3)16-9-8-14-6-4-5-7-15(14)10-16/h4-7,16-17,19H,8-11H2,1-3H3. The molecule has 0 bridgehead atoms. The highest BCUT2D eigenvalue weighted by molar-refractivity contribution is 7.11. The normalized spacial score (nSPS) is 19.3. The number of likely N-dealkylation sites (N-methyl/N-ethyl adjacent to an activating group) is 1. The summed E-state index contributed by atoms with van der Waals surface area (Å²) in [5.41, 5.74) is 4.28. The van der Waals surface area contributed by atoms with Crippen molar-refractivity contribution in [2.75, 3.05) is 7.05 Å². The number of thiazole rings is 1. The van der Waals surface area contributed by atoms with Gasteiger partial charge in [0.15, 0.2) is 0 Å². The highest BCUT2D eigenvalue weighted by Gasteiger charge is 2.26. The third kappa shape index (κ3) is 3.19. The summed E-state index contributed by atoms with van der Waals surface area (Å²) in [5.74, 6) is 0.717. The average Bonchev–Trinajstić information content (AvgIpc) is 2.82. The van der Waals surface area contributed by atoms with Crippen molar-refractivity contribution < 1.29 is 0 Å². The number of nitrogens with zero attached hydrogens (tertiary/aromatic N) is 1. The Balaban J connectivity index is 1.72. The highest BCUT2D eigenvalue weighted by atomic mass is 32.1. The fraction of sp³-hybridized carbons (Fsp3) is 0.500. The molecule has 0 amide bonds. The van der Waals surface area contributed by atoms with E-state index in [-0.39, 0.29) is 0 Å². The second-order valence-corrected chi connectivity index (χ2v) is 7.41. The Morgan fingerprint density at radius 1 is 1.29 bits per heavy atom. The largest absolute Gasteiger partial charge is 0.316 e. The van der Waals surface area contributed by atoms with Crippen molar-refractivity contribution in [3.05, 3.63) is 51.0 Å². The molecule has 1 aliphatic carbocycles. The van der Waals surface area contributed by atoms with Gasteiger partial charge in [-0.05, 0) is 57.2 Å². The number of fused-ring (bicyclic) bond motifs is 1. The van der Waals surface area contributed by atoms with Gasteiger partial charge in [0.25, 0.3) is 0 Å². The molecule has 2 aromatic rings. The summed E-state index contributed by atoms with van der Waals surface area (Å²) in [4.78, 5) is 6.07. The minimum absolute atomic E-state index is 0.531. The minimum atomic E-state index is 0.531. The van der Waals surface area contributed by atoms with E-state index in [0.29, 0.717) is 6.04 Å². The molecule has 2 nitrogen and oxygen atoms in total. The van der Waals surface area contributed by atoms with E-state index in [2.05, 4.69) is 50.5 Å². The molecule has 0 fully saturated rings. The number of aryl methyl sites for hydroxylation is 3. The Bertz CT molecular complexity index is 598. The topological polar surface area (TPSA) is 24.9 Å². The first kappa shape index (κ1) is 14.7. The lowest BCUT2D eigenvalue weighted by Gasteiger charge is -2.31. The third-order valence-electron chi connectivity index (χ3n) is 4.79. The van der Waals surface area contributed by atoms with Crippen LogP contribution in [0.2, 0.25) is 0 Å². The van der Waals surface area contributed by atoms with E-state index in [4.69, 9.17) is 4.98 Å². The van der Waals surface area contributed by atoms with Gasteiger partial charge in [-0.2, -0.15) is 0 Å². The maximum Gasteiger partial charge on any atom is 0.0946 e. The van der Waals surface area contributed by atoms with Crippen LogP contribution < -0.4 is 5.32 Å². The van der Waals surface area contributed by atoms with Gasteiger partial charge in [-0.15, -0.1) is 11.3 Å². The van der Waals surface area contributed by atoms with Gasteiger partial charge in [0.2, 0.25) is 0 Å². The molecule has 1 heterocycles. The molecule has 0 aliphatic heterocycles. The van der Waals surface area contributed by atoms with Crippen LogP contribution in [0.5, 0.6) is 0 Å². The van der Waals surface area contributed by atoms with Crippen LogP contribution >= 0.6 is 11.3 Å². The second-order valence-electron chi connectivity index (χ2n) is 6.12. The van der Waals surface area contributed by atoms with Gasteiger partial charge in [-0.1, -0.05) is 24.3 Å². The van der Waals surface area contributed by atoms with Crippen molar-refractivity contribution in [1.29, 1.82) is 0 Å². The predicted molar refractivity (Wildman–Crippen MR) is 90.1 cm³/mol. The van der Waals surface area contributed by atoms with Crippen LogP contribution in [0.15, 0.2) is 24.3 Å². The van der Waals surface area contributed by atoms with Gasteiger partial charge < -0.3 is 5.32 Å². The van der Waals surface area contributed by atoms with Crippen LogP contribution in [0, 0.1) is 19.8 Å². The molecule has 21 heavy (non-hydrogen) atoms. The SMILES string of the molecule is CNC(Cc1nc(C)c(C)s1)C1CCc2ccccc2C1. The van der Waals surface area contributed by atoms with E-state index in [1.54, 1.807) is 11.1 Å². The van der Waals surface area contributed by atoms with Gasteiger partial charge in [0, 0.05) is 17.3 Å². The maximum absolute atomic E-state index is 4.72. The van der Waals surface area contributed by atoms with Gasteiger partial charge in [0.1, 0.15) is 0 Å². The van der Waals surface area contributed by atoms with E-state index < -0.39 is 0 Å². The molecule has 3 rings (SSSR count). The monoisotopic (exact) mass is 300 g/mol. The molecule has 1 aliphatic rings. The zero-order chi connectivity index (χ0) is 14.8. The first-order valence-corrected chi connectivity index (χ1v) is 8.66. The van der Waals surface area contributed by atoms with Crippen LogP contribution in [0.1, 0.15) is 33.1 Å². The minimum Gasteiger partial charge on any atom is -0.316 e. The molecule has 1 aromatic carbocycles. The van der Waals surface area contributed by atoms with Crippen molar-refractivity contribution in [2.24, 2.45) is 5.92 Å². The second kappa shape index (κ2) is 6.29. The lowest BCUT2D eigenvalue weighted by molar-refractivity contribution is 0.333. The van der Waals surface area contributed by atoms with E-state index in [9.17, 15) is 0 Å². The summed E-state index contributed by atoms with van der Waals surface area (Å²) < 4.78 is 0. The smallest absolute Gasteiger partial charge is 0.0946 e. The first-order valence-electron chi connectivity index (χ1n) is 7.84. The number of aromatic nitrogens is 1. The average molecular weight is 300 g/mol. The van der Waals surface area contributed by atoms with Crippen LogP contribution in [-0.2, 0) is 19.3 Å². The van der Waals surface area contributed by atoms with E-state index >= 15 is 0 Å². The van der Waals surface area contributed by atoms with Crippen molar-refractivity contribution in [2.45, 2.75) is 45.6 Å². The lowest BCUT2D eigenvalue weighted by Crippen LogP contribution is -2.38. The molecule has 3 heteroatoms. The number of nitrogens with one attached hydrogen (secondary N) is 1. The van der Waals surface area contributed by atoms with Gasteiger partial charge in [0.05, 0.1) is 10.7 Å². The van der Waals surface area contributed by atoms with Crippen molar-refractivity contribution >= 4 is 11.3 Å². The number of hydrogen-bond acceptors (Lipinski definition) is 3. The number of rotatable bonds is 4. The maximum atomic E-state index is 4.72. The molecule has 0 spiro atoms. The third-order valence-corrected chi connectivity index (χ3v) is 5.89. The molecule has 2 unspecified atom stereocenters. The molecular formula is C18H24N2S. The Kier molecular flexibility index (Phi) is 4.41. The summed E-state index contributed by atoms with van der Waals surface area (Å²) >= 11 is 1.86. The molecule has 1 N–H and O–H groups in total. The van der Waals surface area contributed by atoms with Gasteiger partial charge >= 0.3 is 0 Å². The molecule has 0 radical (unpaired) electrons. The van der Waals surface area contributed by atoms with E-state index in [1.165, 1.54) is 34.8 Å². The highest BCUT2D eigenvalue weighted by Crippen LogP contribution is 2.29.